The Hall–Kier alpha value is -1.02. The number of nitrogens with zero attached hydrogens (tertiary/aromatic N) is 1. The molecule has 148 valence electrons. The first-order chi connectivity index (χ1) is 11.9. The Kier molecular flexibility index (Phi) is 9.71. The van der Waals surface area contributed by atoms with E-state index in [1.807, 2.05) is 39.0 Å². The fraction of sp³-hybridized carbons (Fsp3) is 0.650. The summed E-state index contributed by atoms with van der Waals surface area (Å²) in [6, 6.07) is 8.04. The molecular formula is C20H34IN3O2. The zero-order valence-electron chi connectivity index (χ0n) is 16.4. The molecule has 26 heavy (non-hydrogen) atoms. The minimum atomic E-state index is -0.235. The number of nitrogens with one attached hydrogen (secondary N) is 2. The number of aliphatic imine (C=N–C) groups is 1. The third-order valence-electron chi connectivity index (χ3n) is 4.29. The number of aliphatic hydroxyl groups excluding tert-OH is 1. The Morgan fingerprint density at radius 3 is 2.58 bits per heavy atom. The zero-order valence-corrected chi connectivity index (χ0v) is 18.7. The molecule has 0 saturated heterocycles. The fourth-order valence-corrected chi connectivity index (χ4v) is 3.05. The van der Waals surface area contributed by atoms with Gasteiger partial charge < -0.3 is 20.5 Å². The van der Waals surface area contributed by atoms with Crippen molar-refractivity contribution in [2.75, 3.05) is 13.1 Å². The average Bonchev–Trinajstić information content (AvgIpc) is 2.95. The molecule has 1 aliphatic carbocycles. The molecular weight excluding hydrogens is 441 g/mol. The minimum absolute atomic E-state index is 0. The van der Waals surface area contributed by atoms with Crippen LogP contribution in [0.5, 0.6) is 5.75 Å². The molecule has 2 unspecified atom stereocenters. The van der Waals surface area contributed by atoms with E-state index in [4.69, 9.17) is 9.73 Å². The van der Waals surface area contributed by atoms with Crippen LogP contribution < -0.4 is 15.4 Å². The normalized spacial score (nSPS) is 20.4. The highest BCUT2D eigenvalue weighted by Crippen LogP contribution is 2.25. The summed E-state index contributed by atoms with van der Waals surface area (Å²) in [7, 11) is 0. The van der Waals surface area contributed by atoms with Crippen LogP contribution in [0.1, 0.15) is 52.5 Å². The van der Waals surface area contributed by atoms with Crippen LogP contribution in [0.3, 0.4) is 0 Å². The van der Waals surface area contributed by atoms with Gasteiger partial charge in [0.1, 0.15) is 11.4 Å². The first kappa shape index (κ1) is 23.0. The van der Waals surface area contributed by atoms with E-state index in [2.05, 4.69) is 23.6 Å². The monoisotopic (exact) mass is 475 g/mol. The number of aliphatic hydroxyl groups is 1. The lowest BCUT2D eigenvalue weighted by Crippen LogP contribution is -2.41. The van der Waals surface area contributed by atoms with Crippen LogP contribution >= 0.6 is 24.0 Å². The SMILES string of the molecule is CCNC(=NCc1ccccc1OC(C)(C)C)NCC1CCCC1O.I. The van der Waals surface area contributed by atoms with Crippen molar-refractivity contribution in [1.29, 1.82) is 0 Å². The van der Waals surface area contributed by atoms with Crippen LogP contribution in [0.15, 0.2) is 29.3 Å². The summed E-state index contributed by atoms with van der Waals surface area (Å²) in [4.78, 5) is 4.69. The molecule has 0 heterocycles. The van der Waals surface area contributed by atoms with Crippen LogP contribution in [-0.2, 0) is 6.54 Å². The number of para-hydroxylation sites is 1. The Labute approximate surface area is 175 Å². The van der Waals surface area contributed by atoms with Crippen LogP contribution in [-0.4, -0.2) is 35.9 Å². The molecule has 0 aromatic heterocycles. The maximum atomic E-state index is 9.97. The molecule has 0 bridgehead atoms. The molecule has 1 fully saturated rings. The molecule has 0 amide bonds. The summed E-state index contributed by atoms with van der Waals surface area (Å²) in [6.45, 7) is 10.3. The number of hydrogen-bond acceptors (Lipinski definition) is 3. The molecule has 3 N–H and O–H groups in total. The molecule has 2 rings (SSSR count). The second-order valence-electron chi connectivity index (χ2n) is 7.66. The van der Waals surface area contributed by atoms with E-state index >= 15 is 0 Å². The van der Waals surface area contributed by atoms with Gasteiger partial charge in [-0.05, 0) is 46.6 Å². The van der Waals surface area contributed by atoms with Gasteiger partial charge in [0.05, 0.1) is 12.6 Å². The number of rotatable bonds is 6. The van der Waals surface area contributed by atoms with Gasteiger partial charge in [-0.25, -0.2) is 4.99 Å². The molecule has 1 aliphatic rings. The predicted molar refractivity (Wildman–Crippen MR) is 118 cm³/mol. The standard InChI is InChI=1S/C20H33N3O2.HI/c1-5-21-19(22-13-15-10-8-11-17(15)24)23-14-16-9-6-7-12-18(16)25-20(2,3)4;/h6-7,9,12,15,17,24H,5,8,10-11,13-14H2,1-4H3,(H2,21,22,23);1H. The molecule has 5 nitrogen and oxygen atoms in total. The van der Waals surface area contributed by atoms with Gasteiger partial charge in [0.25, 0.3) is 0 Å². The summed E-state index contributed by atoms with van der Waals surface area (Å²) in [5.74, 6) is 1.98. The van der Waals surface area contributed by atoms with Gasteiger partial charge >= 0.3 is 0 Å². The summed E-state index contributed by atoms with van der Waals surface area (Å²) < 4.78 is 6.04. The van der Waals surface area contributed by atoms with E-state index in [9.17, 15) is 5.11 Å². The van der Waals surface area contributed by atoms with Gasteiger partial charge in [-0.1, -0.05) is 24.6 Å². The van der Waals surface area contributed by atoms with Crippen molar-refractivity contribution in [3.05, 3.63) is 29.8 Å². The molecule has 1 aromatic carbocycles. The van der Waals surface area contributed by atoms with E-state index in [-0.39, 0.29) is 35.7 Å². The number of benzene rings is 1. The Morgan fingerprint density at radius 1 is 1.23 bits per heavy atom. The second kappa shape index (κ2) is 11.0. The maximum absolute atomic E-state index is 9.97. The lowest BCUT2D eigenvalue weighted by atomic mass is 10.1. The molecule has 0 radical (unpaired) electrons. The first-order valence-electron chi connectivity index (χ1n) is 9.36. The third-order valence-corrected chi connectivity index (χ3v) is 4.29. The topological polar surface area (TPSA) is 65.9 Å². The highest BCUT2D eigenvalue weighted by Gasteiger charge is 2.25. The van der Waals surface area contributed by atoms with E-state index in [1.165, 1.54) is 0 Å². The van der Waals surface area contributed by atoms with Crippen LogP contribution in [0.25, 0.3) is 0 Å². The van der Waals surface area contributed by atoms with Crippen molar-refractivity contribution < 1.29 is 9.84 Å². The van der Waals surface area contributed by atoms with Crippen molar-refractivity contribution in [2.24, 2.45) is 10.9 Å². The Morgan fingerprint density at radius 2 is 1.96 bits per heavy atom. The molecule has 6 heteroatoms. The van der Waals surface area contributed by atoms with Gasteiger partial charge in [0.2, 0.25) is 0 Å². The van der Waals surface area contributed by atoms with Gasteiger partial charge in [-0.3, -0.25) is 0 Å². The van der Waals surface area contributed by atoms with E-state index in [0.717, 1.165) is 49.6 Å². The largest absolute Gasteiger partial charge is 0.488 e. The summed E-state index contributed by atoms with van der Waals surface area (Å²) in [5.41, 5.74) is 0.830. The number of ether oxygens (including phenoxy) is 1. The van der Waals surface area contributed by atoms with Crippen molar-refractivity contribution in [1.82, 2.24) is 10.6 Å². The Balaban J connectivity index is 0.00000338. The smallest absolute Gasteiger partial charge is 0.191 e. The summed E-state index contributed by atoms with van der Waals surface area (Å²) in [5, 5.41) is 16.6. The third kappa shape index (κ3) is 7.70. The van der Waals surface area contributed by atoms with Crippen molar-refractivity contribution in [2.45, 2.75) is 65.2 Å². The summed E-state index contributed by atoms with van der Waals surface area (Å²) >= 11 is 0. The van der Waals surface area contributed by atoms with Gasteiger partial charge in [0, 0.05) is 24.6 Å². The number of guanidine groups is 1. The van der Waals surface area contributed by atoms with Crippen molar-refractivity contribution in [3.8, 4) is 5.75 Å². The number of halogens is 1. The predicted octanol–water partition coefficient (Wildman–Crippen LogP) is 3.70. The van der Waals surface area contributed by atoms with Gasteiger partial charge in [0.15, 0.2) is 5.96 Å². The molecule has 0 aliphatic heterocycles. The van der Waals surface area contributed by atoms with Gasteiger partial charge in [-0.2, -0.15) is 0 Å². The number of hydrogen-bond donors (Lipinski definition) is 3. The average molecular weight is 475 g/mol. The maximum Gasteiger partial charge on any atom is 0.191 e. The molecule has 0 spiro atoms. The lowest BCUT2D eigenvalue weighted by molar-refractivity contribution is 0.129. The lowest BCUT2D eigenvalue weighted by Gasteiger charge is -2.23. The zero-order chi connectivity index (χ0) is 18.3. The van der Waals surface area contributed by atoms with Crippen LogP contribution in [0, 0.1) is 5.92 Å². The van der Waals surface area contributed by atoms with Crippen LogP contribution in [0.4, 0.5) is 0 Å². The molecule has 2 atom stereocenters. The Bertz CT molecular complexity index is 572. The van der Waals surface area contributed by atoms with Gasteiger partial charge in [-0.15, -0.1) is 24.0 Å². The summed E-state index contributed by atoms with van der Waals surface area (Å²) in [6.07, 6.45) is 2.92. The minimum Gasteiger partial charge on any atom is -0.488 e. The van der Waals surface area contributed by atoms with Crippen molar-refractivity contribution in [3.63, 3.8) is 0 Å². The van der Waals surface area contributed by atoms with E-state index in [0.29, 0.717) is 12.5 Å². The molecule has 1 saturated carbocycles. The van der Waals surface area contributed by atoms with E-state index < -0.39 is 0 Å². The van der Waals surface area contributed by atoms with Crippen LogP contribution in [0.2, 0.25) is 0 Å². The molecule has 1 aromatic rings. The van der Waals surface area contributed by atoms with Crippen molar-refractivity contribution >= 4 is 29.9 Å². The first-order valence-corrected chi connectivity index (χ1v) is 9.36. The quantitative estimate of drug-likeness (QED) is 0.334. The highest BCUT2D eigenvalue weighted by molar-refractivity contribution is 14.0. The van der Waals surface area contributed by atoms with E-state index in [1.54, 1.807) is 0 Å². The highest BCUT2D eigenvalue weighted by atomic mass is 127. The second-order valence-corrected chi connectivity index (χ2v) is 7.66. The fourth-order valence-electron chi connectivity index (χ4n) is 3.05.